The van der Waals surface area contributed by atoms with Crippen molar-refractivity contribution in [2.75, 3.05) is 13.1 Å². The Balaban J connectivity index is 1.64. The molecule has 1 aliphatic rings. The first-order valence-corrected chi connectivity index (χ1v) is 10.1. The summed E-state index contributed by atoms with van der Waals surface area (Å²) in [5.41, 5.74) is 6.98. The molecule has 0 radical (unpaired) electrons. The van der Waals surface area contributed by atoms with E-state index in [4.69, 9.17) is 5.73 Å². The second kappa shape index (κ2) is 8.30. The van der Waals surface area contributed by atoms with Crippen molar-refractivity contribution in [1.82, 2.24) is 4.90 Å². The van der Waals surface area contributed by atoms with Crippen molar-refractivity contribution in [1.29, 1.82) is 0 Å². The number of likely N-dealkylation sites (tertiary alicyclic amines) is 1. The molecule has 4 nitrogen and oxygen atoms in total. The van der Waals surface area contributed by atoms with Crippen molar-refractivity contribution >= 4 is 11.8 Å². The number of nitrogens with two attached hydrogens (primary N) is 1. The maximum atomic E-state index is 14.4. The summed E-state index contributed by atoms with van der Waals surface area (Å²) in [5, 5.41) is 0. The first-order chi connectivity index (χ1) is 14.9. The van der Waals surface area contributed by atoms with Gasteiger partial charge in [0.2, 0.25) is 5.91 Å². The molecule has 2 N–H and O–H groups in total. The van der Waals surface area contributed by atoms with Crippen molar-refractivity contribution < 1.29 is 18.4 Å². The minimum atomic E-state index is -0.982. The van der Waals surface area contributed by atoms with Gasteiger partial charge in [-0.3, -0.25) is 9.59 Å². The van der Waals surface area contributed by atoms with E-state index in [0.29, 0.717) is 24.1 Å². The minimum Gasteiger partial charge on any atom is -0.369 e. The average molecular weight is 420 g/mol. The highest BCUT2D eigenvalue weighted by molar-refractivity contribution is 5.95. The van der Waals surface area contributed by atoms with Crippen LogP contribution in [0.4, 0.5) is 8.78 Å². The Bertz CT molecular complexity index is 1150. The van der Waals surface area contributed by atoms with Crippen LogP contribution in [0.1, 0.15) is 22.3 Å². The van der Waals surface area contributed by atoms with Gasteiger partial charge in [-0.1, -0.05) is 48.5 Å². The number of nitrogens with zero attached hydrogens (tertiary/aromatic N) is 1. The summed E-state index contributed by atoms with van der Waals surface area (Å²) in [4.78, 5) is 26.9. The predicted molar refractivity (Wildman–Crippen MR) is 114 cm³/mol. The lowest BCUT2D eigenvalue weighted by atomic mass is 9.78. The Labute approximate surface area is 179 Å². The van der Waals surface area contributed by atoms with Crippen molar-refractivity contribution in [2.45, 2.75) is 12.8 Å². The maximum Gasteiger partial charge on any atom is 0.253 e. The molecule has 0 bridgehead atoms. The van der Waals surface area contributed by atoms with E-state index in [1.807, 2.05) is 24.3 Å². The van der Waals surface area contributed by atoms with Crippen LogP contribution in [0.5, 0.6) is 0 Å². The Kier molecular flexibility index (Phi) is 5.55. The van der Waals surface area contributed by atoms with Gasteiger partial charge in [0.05, 0.1) is 5.41 Å². The number of primary amides is 1. The van der Waals surface area contributed by atoms with E-state index in [-0.39, 0.29) is 30.3 Å². The molecule has 1 fully saturated rings. The highest BCUT2D eigenvalue weighted by Crippen LogP contribution is 2.38. The number of hydrogen-bond donors (Lipinski definition) is 1. The van der Waals surface area contributed by atoms with Crippen molar-refractivity contribution in [3.05, 3.63) is 95.6 Å². The van der Waals surface area contributed by atoms with Crippen LogP contribution in [0.3, 0.4) is 0 Å². The largest absolute Gasteiger partial charge is 0.369 e. The third-order valence-electron chi connectivity index (χ3n) is 5.95. The van der Waals surface area contributed by atoms with Crippen molar-refractivity contribution in [2.24, 2.45) is 11.1 Å². The standard InChI is InChI=1S/C25H22F2N2O2/c26-19-8-5-7-17(14-19)23(30)29-13-12-25(16-29,24(28)31)15-18-6-1-2-9-20(18)21-10-3-4-11-22(21)27/h1-11,14H,12-13,15-16H2,(H2,28,31)/t25-/m0/s1. The van der Waals surface area contributed by atoms with Gasteiger partial charge in [0.1, 0.15) is 11.6 Å². The lowest BCUT2D eigenvalue weighted by molar-refractivity contribution is -0.126. The van der Waals surface area contributed by atoms with Gasteiger partial charge in [-0.2, -0.15) is 0 Å². The summed E-state index contributed by atoms with van der Waals surface area (Å²) in [7, 11) is 0. The van der Waals surface area contributed by atoms with E-state index < -0.39 is 17.1 Å². The molecule has 0 aliphatic carbocycles. The van der Waals surface area contributed by atoms with E-state index in [9.17, 15) is 18.4 Å². The monoisotopic (exact) mass is 420 g/mol. The van der Waals surface area contributed by atoms with Gasteiger partial charge in [-0.25, -0.2) is 8.78 Å². The summed E-state index contributed by atoms with van der Waals surface area (Å²) >= 11 is 0. The van der Waals surface area contributed by atoms with E-state index >= 15 is 0 Å². The zero-order valence-electron chi connectivity index (χ0n) is 16.9. The Morgan fingerprint density at radius 3 is 2.35 bits per heavy atom. The SMILES string of the molecule is NC(=O)[C@]1(Cc2ccccc2-c2ccccc2F)CCN(C(=O)c2cccc(F)c2)C1. The number of benzene rings is 3. The molecule has 158 valence electrons. The van der Waals surface area contributed by atoms with Gasteiger partial charge in [-0.05, 0) is 48.2 Å². The molecule has 0 spiro atoms. The highest BCUT2D eigenvalue weighted by atomic mass is 19.1. The normalized spacial score (nSPS) is 18.2. The zero-order chi connectivity index (χ0) is 22.0. The number of carbonyl (C=O) groups is 2. The van der Waals surface area contributed by atoms with E-state index in [1.165, 1.54) is 29.2 Å². The Hall–Kier alpha value is -3.54. The van der Waals surface area contributed by atoms with Gasteiger partial charge in [0.25, 0.3) is 5.91 Å². The van der Waals surface area contributed by atoms with Crippen LogP contribution in [0.2, 0.25) is 0 Å². The summed E-state index contributed by atoms with van der Waals surface area (Å²) in [5.74, 6) is -1.70. The number of rotatable bonds is 5. The molecule has 1 heterocycles. The van der Waals surface area contributed by atoms with E-state index in [1.54, 1.807) is 24.3 Å². The number of hydrogen-bond acceptors (Lipinski definition) is 2. The van der Waals surface area contributed by atoms with Crippen LogP contribution >= 0.6 is 0 Å². The van der Waals surface area contributed by atoms with Crippen LogP contribution in [0.15, 0.2) is 72.8 Å². The van der Waals surface area contributed by atoms with Crippen molar-refractivity contribution in [3.8, 4) is 11.1 Å². The van der Waals surface area contributed by atoms with Gasteiger partial charge in [0.15, 0.2) is 0 Å². The fourth-order valence-electron chi connectivity index (χ4n) is 4.26. The predicted octanol–water partition coefficient (Wildman–Crippen LogP) is 4.19. The Morgan fingerprint density at radius 1 is 0.935 bits per heavy atom. The fourth-order valence-corrected chi connectivity index (χ4v) is 4.26. The summed E-state index contributed by atoms with van der Waals surface area (Å²) in [6.07, 6.45) is 0.661. The fraction of sp³-hybridized carbons (Fsp3) is 0.200. The third kappa shape index (κ3) is 4.06. The van der Waals surface area contributed by atoms with Crippen molar-refractivity contribution in [3.63, 3.8) is 0 Å². The Morgan fingerprint density at radius 2 is 1.65 bits per heavy atom. The molecule has 6 heteroatoms. The first-order valence-electron chi connectivity index (χ1n) is 10.1. The second-order valence-corrected chi connectivity index (χ2v) is 7.95. The average Bonchev–Trinajstić information content (AvgIpc) is 3.20. The molecule has 1 atom stereocenters. The lowest BCUT2D eigenvalue weighted by Crippen LogP contribution is -2.42. The van der Waals surface area contributed by atoms with Gasteiger partial charge < -0.3 is 10.6 Å². The second-order valence-electron chi connectivity index (χ2n) is 7.95. The van der Waals surface area contributed by atoms with Gasteiger partial charge in [-0.15, -0.1) is 0 Å². The first kappa shape index (κ1) is 20.7. The quantitative estimate of drug-likeness (QED) is 0.673. The summed E-state index contributed by atoms with van der Waals surface area (Å²) < 4.78 is 28.0. The lowest BCUT2D eigenvalue weighted by Gasteiger charge is -2.27. The molecule has 0 aromatic heterocycles. The molecular weight excluding hydrogens is 398 g/mol. The highest BCUT2D eigenvalue weighted by Gasteiger charge is 2.45. The molecule has 0 saturated carbocycles. The topological polar surface area (TPSA) is 63.4 Å². The van der Waals surface area contributed by atoms with Crippen LogP contribution in [0, 0.1) is 17.0 Å². The molecule has 0 unspecified atom stereocenters. The van der Waals surface area contributed by atoms with Gasteiger partial charge >= 0.3 is 0 Å². The maximum absolute atomic E-state index is 14.4. The molecular formula is C25H22F2N2O2. The van der Waals surface area contributed by atoms with Crippen LogP contribution in [0.25, 0.3) is 11.1 Å². The van der Waals surface area contributed by atoms with Crippen LogP contribution in [-0.4, -0.2) is 29.8 Å². The number of carbonyl (C=O) groups excluding carboxylic acids is 2. The van der Waals surface area contributed by atoms with Crippen LogP contribution in [-0.2, 0) is 11.2 Å². The summed E-state index contributed by atoms with van der Waals surface area (Å²) in [6.45, 7) is 0.462. The molecule has 3 aromatic carbocycles. The van der Waals surface area contributed by atoms with Gasteiger partial charge in [0, 0.05) is 24.2 Å². The third-order valence-corrected chi connectivity index (χ3v) is 5.95. The molecule has 3 aromatic rings. The molecule has 2 amide bonds. The smallest absolute Gasteiger partial charge is 0.253 e. The molecule has 1 aliphatic heterocycles. The van der Waals surface area contributed by atoms with E-state index in [2.05, 4.69) is 0 Å². The van der Waals surface area contributed by atoms with Crippen LogP contribution < -0.4 is 5.73 Å². The minimum absolute atomic E-state index is 0.128. The zero-order valence-corrected chi connectivity index (χ0v) is 16.9. The summed E-state index contributed by atoms with van der Waals surface area (Å²) in [6, 6.07) is 19.3. The molecule has 4 rings (SSSR count). The molecule has 31 heavy (non-hydrogen) atoms. The number of halogens is 2. The van der Waals surface area contributed by atoms with E-state index in [0.717, 1.165) is 5.56 Å². The molecule has 1 saturated heterocycles. The number of amides is 2.